The van der Waals surface area contributed by atoms with Crippen LogP contribution in [0.25, 0.3) is 0 Å². The standard InChI is InChI=1S/C18H35N3O2/c1-15-6-11-20(12-7-15)10-5-9-19-16-8-13-21(14-16)17(22)23-18(2,3)4/h15-16,19H,5-14H2,1-4H3. The third kappa shape index (κ3) is 6.68. The zero-order valence-electron chi connectivity index (χ0n) is 15.4. The Bertz CT molecular complexity index is 373. The van der Waals surface area contributed by atoms with Gasteiger partial charge in [0.15, 0.2) is 0 Å². The molecule has 0 aromatic carbocycles. The molecule has 2 rings (SSSR count). The topological polar surface area (TPSA) is 44.8 Å². The average Bonchev–Trinajstić information content (AvgIpc) is 2.93. The molecule has 2 aliphatic rings. The Labute approximate surface area is 141 Å². The van der Waals surface area contributed by atoms with Crippen LogP contribution in [-0.2, 0) is 4.74 Å². The number of hydrogen-bond acceptors (Lipinski definition) is 4. The van der Waals surface area contributed by atoms with Crippen LogP contribution in [0.2, 0.25) is 0 Å². The average molecular weight is 325 g/mol. The van der Waals surface area contributed by atoms with Gasteiger partial charge in [-0.05, 0) is 78.6 Å². The van der Waals surface area contributed by atoms with Gasteiger partial charge in [-0.2, -0.15) is 0 Å². The first-order chi connectivity index (χ1) is 10.8. The summed E-state index contributed by atoms with van der Waals surface area (Å²) in [5.41, 5.74) is -0.408. The van der Waals surface area contributed by atoms with Crippen molar-refractivity contribution in [2.45, 2.75) is 65.0 Å². The first-order valence-electron chi connectivity index (χ1n) is 9.27. The van der Waals surface area contributed by atoms with E-state index in [1.807, 2.05) is 25.7 Å². The van der Waals surface area contributed by atoms with Gasteiger partial charge in [0.1, 0.15) is 5.60 Å². The van der Waals surface area contributed by atoms with E-state index in [9.17, 15) is 4.79 Å². The van der Waals surface area contributed by atoms with Gasteiger partial charge in [-0.15, -0.1) is 0 Å². The van der Waals surface area contributed by atoms with E-state index in [0.29, 0.717) is 6.04 Å². The second-order valence-corrected chi connectivity index (χ2v) is 8.24. The number of rotatable bonds is 5. The number of hydrogen-bond donors (Lipinski definition) is 1. The first-order valence-corrected chi connectivity index (χ1v) is 9.27. The Kier molecular flexibility index (Phi) is 6.72. The van der Waals surface area contributed by atoms with Crippen LogP contribution >= 0.6 is 0 Å². The molecule has 0 radical (unpaired) electrons. The van der Waals surface area contributed by atoms with E-state index >= 15 is 0 Å². The molecule has 23 heavy (non-hydrogen) atoms. The van der Waals surface area contributed by atoms with Crippen LogP contribution in [-0.4, -0.2) is 66.8 Å². The molecule has 1 amide bonds. The molecule has 0 spiro atoms. The largest absolute Gasteiger partial charge is 0.444 e. The quantitative estimate of drug-likeness (QED) is 0.790. The van der Waals surface area contributed by atoms with E-state index in [4.69, 9.17) is 4.74 Å². The minimum Gasteiger partial charge on any atom is -0.444 e. The van der Waals surface area contributed by atoms with E-state index in [1.54, 1.807) is 0 Å². The summed E-state index contributed by atoms with van der Waals surface area (Å²) in [4.78, 5) is 16.5. The first kappa shape index (κ1) is 18.5. The molecule has 1 unspecified atom stereocenters. The van der Waals surface area contributed by atoms with Gasteiger partial charge in [0.05, 0.1) is 0 Å². The normalized spacial score (nSPS) is 24.2. The monoisotopic (exact) mass is 325 g/mol. The van der Waals surface area contributed by atoms with Crippen molar-refractivity contribution in [3.63, 3.8) is 0 Å². The molecule has 2 saturated heterocycles. The lowest BCUT2D eigenvalue weighted by Gasteiger charge is -2.30. The maximum atomic E-state index is 12.0. The van der Waals surface area contributed by atoms with Crippen molar-refractivity contribution in [2.24, 2.45) is 5.92 Å². The fourth-order valence-corrected chi connectivity index (χ4v) is 3.31. The number of nitrogens with zero attached hydrogens (tertiary/aromatic N) is 2. The van der Waals surface area contributed by atoms with Crippen LogP contribution in [0.15, 0.2) is 0 Å². The van der Waals surface area contributed by atoms with Crippen molar-refractivity contribution < 1.29 is 9.53 Å². The predicted octanol–water partition coefficient (Wildman–Crippen LogP) is 2.71. The summed E-state index contributed by atoms with van der Waals surface area (Å²) in [6, 6.07) is 0.420. The van der Waals surface area contributed by atoms with Gasteiger partial charge >= 0.3 is 6.09 Å². The van der Waals surface area contributed by atoms with Crippen molar-refractivity contribution >= 4 is 6.09 Å². The molecule has 5 nitrogen and oxygen atoms in total. The molecule has 2 aliphatic heterocycles. The van der Waals surface area contributed by atoms with Gasteiger partial charge in [0, 0.05) is 19.1 Å². The molecule has 2 fully saturated rings. The lowest BCUT2D eigenvalue weighted by Crippen LogP contribution is -2.39. The Balaban J connectivity index is 1.56. The van der Waals surface area contributed by atoms with Gasteiger partial charge < -0.3 is 19.9 Å². The second kappa shape index (κ2) is 8.34. The lowest BCUT2D eigenvalue weighted by atomic mass is 9.99. The number of carbonyl (C=O) groups is 1. The summed E-state index contributed by atoms with van der Waals surface area (Å²) in [6.45, 7) is 14.4. The van der Waals surface area contributed by atoms with E-state index in [1.165, 1.54) is 38.9 Å². The van der Waals surface area contributed by atoms with Crippen LogP contribution in [0.4, 0.5) is 4.79 Å². The summed E-state index contributed by atoms with van der Waals surface area (Å²) in [6.07, 6.45) is 4.74. The third-order valence-electron chi connectivity index (χ3n) is 4.80. The van der Waals surface area contributed by atoms with E-state index in [-0.39, 0.29) is 6.09 Å². The number of ether oxygens (including phenoxy) is 1. The number of likely N-dealkylation sites (tertiary alicyclic amines) is 2. The van der Waals surface area contributed by atoms with Crippen LogP contribution in [0, 0.1) is 5.92 Å². The smallest absolute Gasteiger partial charge is 0.410 e. The van der Waals surface area contributed by atoms with Crippen LogP contribution < -0.4 is 5.32 Å². The molecular weight excluding hydrogens is 290 g/mol. The van der Waals surface area contributed by atoms with Gasteiger partial charge in [-0.3, -0.25) is 0 Å². The second-order valence-electron chi connectivity index (χ2n) is 8.24. The van der Waals surface area contributed by atoms with Gasteiger partial charge in [0.2, 0.25) is 0 Å². The number of amides is 1. The molecule has 1 atom stereocenters. The summed E-state index contributed by atoms with van der Waals surface area (Å²) in [5.74, 6) is 0.904. The summed E-state index contributed by atoms with van der Waals surface area (Å²) in [5, 5.41) is 3.60. The van der Waals surface area contributed by atoms with Crippen LogP contribution in [0.5, 0.6) is 0 Å². The summed E-state index contributed by atoms with van der Waals surface area (Å²) >= 11 is 0. The maximum absolute atomic E-state index is 12.0. The molecule has 0 aromatic heterocycles. The minimum atomic E-state index is -0.408. The molecule has 5 heteroatoms. The fourth-order valence-electron chi connectivity index (χ4n) is 3.31. The highest BCUT2D eigenvalue weighted by atomic mass is 16.6. The fraction of sp³-hybridized carbons (Fsp3) is 0.944. The van der Waals surface area contributed by atoms with Crippen molar-refractivity contribution in [1.82, 2.24) is 15.1 Å². The summed E-state index contributed by atoms with van der Waals surface area (Å²) in [7, 11) is 0. The predicted molar refractivity (Wildman–Crippen MR) is 93.7 cm³/mol. The molecule has 0 aliphatic carbocycles. The van der Waals surface area contributed by atoms with Gasteiger partial charge in [-0.25, -0.2) is 4.79 Å². The molecule has 1 N–H and O–H groups in total. The lowest BCUT2D eigenvalue weighted by molar-refractivity contribution is 0.0291. The summed E-state index contributed by atoms with van der Waals surface area (Å²) < 4.78 is 5.44. The van der Waals surface area contributed by atoms with E-state index < -0.39 is 5.60 Å². The molecule has 0 aromatic rings. The Morgan fingerprint density at radius 3 is 2.52 bits per heavy atom. The SMILES string of the molecule is CC1CCN(CCCNC2CCN(C(=O)OC(C)(C)C)C2)CC1. The van der Waals surface area contributed by atoms with E-state index in [2.05, 4.69) is 17.1 Å². The molecule has 0 bridgehead atoms. The van der Waals surface area contributed by atoms with Gasteiger partial charge in [0.25, 0.3) is 0 Å². The number of carbonyl (C=O) groups excluding carboxylic acids is 1. The third-order valence-corrected chi connectivity index (χ3v) is 4.80. The maximum Gasteiger partial charge on any atom is 0.410 e. The molecule has 2 heterocycles. The van der Waals surface area contributed by atoms with Crippen LogP contribution in [0.1, 0.15) is 53.4 Å². The highest BCUT2D eigenvalue weighted by molar-refractivity contribution is 5.68. The van der Waals surface area contributed by atoms with Crippen molar-refractivity contribution in [3.05, 3.63) is 0 Å². The highest BCUT2D eigenvalue weighted by Crippen LogP contribution is 2.17. The number of nitrogens with one attached hydrogen (secondary N) is 1. The van der Waals surface area contributed by atoms with Crippen molar-refractivity contribution in [1.29, 1.82) is 0 Å². The molecular formula is C18H35N3O2. The highest BCUT2D eigenvalue weighted by Gasteiger charge is 2.29. The molecule has 0 saturated carbocycles. The van der Waals surface area contributed by atoms with Crippen molar-refractivity contribution in [2.75, 3.05) is 39.3 Å². The van der Waals surface area contributed by atoms with E-state index in [0.717, 1.165) is 32.0 Å². The Hall–Kier alpha value is -0.810. The van der Waals surface area contributed by atoms with Crippen molar-refractivity contribution in [3.8, 4) is 0 Å². The van der Waals surface area contributed by atoms with Crippen LogP contribution in [0.3, 0.4) is 0 Å². The minimum absolute atomic E-state index is 0.177. The molecule has 134 valence electrons. The zero-order chi connectivity index (χ0) is 16.9. The zero-order valence-corrected chi connectivity index (χ0v) is 15.4. The Morgan fingerprint density at radius 2 is 1.87 bits per heavy atom. The Morgan fingerprint density at radius 1 is 1.17 bits per heavy atom. The number of piperidine rings is 1. The van der Waals surface area contributed by atoms with Gasteiger partial charge in [-0.1, -0.05) is 6.92 Å².